The third-order valence-electron chi connectivity index (χ3n) is 3.99. The maximum Gasteiger partial charge on any atom is 0.209 e. The second-order valence-corrected chi connectivity index (χ2v) is 5.74. The zero-order valence-corrected chi connectivity index (χ0v) is 14.0. The summed E-state index contributed by atoms with van der Waals surface area (Å²) in [5.74, 6) is -0.402. The van der Waals surface area contributed by atoms with E-state index >= 15 is 0 Å². The fourth-order valence-corrected chi connectivity index (χ4v) is 2.74. The lowest BCUT2D eigenvalue weighted by Gasteiger charge is -2.10. The standard InChI is InChI=1S/C20H12FN5O/c21-15-4-2-6-17(12-15)26-18(7-9-23-26)20-19(27)8-10-25(24-20)16-5-1-3-14(11-16)13-22/h1-12H. The van der Waals surface area contributed by atoms with Crippen LogP contribution >= 0.6 is 0 Å². The predicted molar refractivity (Wildman–Crippen MR) is 97.1 cm³/mol. The van der Waals surface area contributed by atoms with E-state index in [4.69, 9.17) is 5.26 Å². The van der Waals surface area contributed by atoms with Crippen molar-refractivity contribution >= 4 is 0 Å². The highest BCUT2D eigenvalue weighted by atomic mass is 19.1. The van der Waals surface area contributed by atoms with Crippen LogP contribution in [0.4, 0.5) is 4.39 Å². The van der Waals surface area contributed by atoms with Gasteiger partial charge in [0.05, 0.1) is 34.9 Å². The summed E-state index contributed by atoms with van der Waals surface area (Å²) in [6, 6.07) is 17.9. The van der Waals surface area contributed by atoms with Crippen molar-refractivity contribution in [3.63, 3.8) is 0 Å². The van der Waals surface area contributed by atoms with E-state index in [1.165, 1.54) is 40.0 Å². The summed E-state index contributed by atoms with van der Waals surface area (Å²) >= 11 is 0. The van der Waals surface area contributed by atoms with Crippen LogP contribution in [0.3, 0.4) is 0 Å². The van der Waals surface area contributed by atoms with Gasteiger partial charge >= 0.3 is 0 Å². The van der Waals surface area contributed by atoms with Crippen LogP contribution in [0, 0.1) is 17.1 Å². The van der Waals surface area contributed by atoms with Gasteiger partial charge in [0.25, 0.3) is 0 Å². The van der Waals surface area contributed by atoms with Gasteiger partial charge in [0.15, 0.2) is 5.69 Å². The van der Waals surface area contributed by atoms with Crippen molar-refractivity contribution < 1.29 is 4.39 Å². The van der Waals surface area contributed by atoms with Crippen molar-refractivity contribution in [3.05, 3.63) is 94.7 Å². The minimum absolute atomic E-state index is 0.168. The molecule has 2 heterocycles. The third-order valence-corrected chi connectivity index (χ3v) is 3.99. The summed E-state index contributed by atoms with van der Waals surface area (Å²) < 4.78 is 16.6. The molecule has 0 aliphatic heterocycles. The molecule has 27 heavy (non-hydrogen) atoms. The SMILES string of the molecule is N#Cc1cccc(-n2ccc(=O)c(-c3ccnn3-c3cccc(F)c3)n2)c1. The van der Waals surface area contributed by atoms with E-state index in [1.807, 2.05) is 0 Å². The van der Waals surface area contributed by atoms with Gasteiger partial charge in [-0.2, -0.15) is 15.5 Å². The highest BCUT2D eigenvalue weighted by Crippen LogP contribution is 2.19. The zero-order chi connectivity index (χ0) is 18.8. The molecule has 2 aromatic heterocycles. The van der Waals surface area contributed by atoms with Crippen LogP contribution in [-0.2, 0) is 0 Å². The number of nitriles is 1. The molecule has 0 saturated carbocycles. The predicted octanol–water partition coefficient (Wildman–Crippen LogP) is 3.10. The van der Waals surface area contributed by atoms with Gasteiger partial charge in [-0.1, -0.05) is 12.1 Å². The largest absolute Gasteiger partial charge is 0.287 e. The number of aromatic nitrogens is 4. The Morgan fingerprint density at radius 2 is 1.81 bits per heavy atom. The molecule has 0 amide bonds. The van der Waals surface area contributed by atoms with Crippen molar-refractivity contribution in [1.82, 2.24) is 19.6 Å². The average molecular weight is 357 g/mol. The third kappa shape index (κ3) is 3.12. The zero-order valence-electron chi connectivity index (χ0n) is 14.0. The van der Waals surface area contributed by atoms with E-state index in [-0.39, 0.29) is 11.1 Å². The van der Waals surface area contributed by atoms with E-state index in [9.17, 15) is 9.18 Å². The summed E-state index contributed by atoms with van der Waals surface area (Å²) in [5, 5.41) is 17.7. The Kier molecular flexibility index (Phi) is 4.07. The molecule has 7 heteroatoms. The van der Waals surface area contributed by atoms with E-state index in [2.05, 4.69) is 16.3 Å². The minimum atomic E-state index is -0.402. The Labute approximate surface area is 153 Å². The number of halogens is 1. The van der Waals surface area contributed by atoms with Crippen LogP contribution in [0.25, 0.3) is 22.8 Å². The van der Waals surface area contributed by atoms with Crippen LogP contribution in [0.15, 0.2) is 77.9 Å². The lowest BCUT2D eigenvalue weighted by atomic mass is 10.2. The van der Waals surface area contributed by atoms with Crippen LogP contribution in [0.5, 0.6) is 0 Å². The van der Waals surface area contributed by atoms with Crippen molar-refractivity contribution in [2.45, 2.75) is 0 Å². The second-order valence-electron chi connectivity index (χ2n) is 5.74. The van der Waals surface area contributed by atoms with Crippen LogP contribution in [0.2, 0.25) is 0 Å². The van der Waals surface area contributed by atoms with Crippen molar-refractivity contribution in [1.29, 1.82) is 5.26 Å². The summed E-state index contributed by atoms with van der Waals surface area (Å²) in [6.07, 6.45) is 3.06. The topological polar surface area (TPSA) is 76.5 Å². The molecule has 6 nitrogen and oxygen atoms in total. The van der Waals surface area contributed by atoms with E-state index < -0.39 is 5.82 Å². The maximum absolute atomic E-state index is 13.6. The molecule has 0 aliphatic rings. The highest BCUT2D eigenvalue weighted by Gasteiger charge is 2.14. The number of benzene rings is 2. The minimum Gasteiger partial charge on any atom is -0.287 e. The fraction of sp³-hybridized carbons (Fsp3) is 0. The summed E-state index contributed by atoms with van der Waals surface area (Å²) in [5.41, 5.74) is 1.93. The molecule has 0 fully saturated rings. The number of hydrogen-bond donors (Lipinski definition) is 0. The lowest BCUT2D eigenvalue weighted by Crippen LogP contribution is -2.14. The summed E-state index contributed by atoms with van der Waals surface area (Å²) in [6.45, 7) is 0. The smallest absolute Gasteiger partial charge is 0.209 e. The summed E-state index contributed by atoms with van der Waals surface area (Å²) in [4.78, 5) is 12.4. The second kappa shape index (κ2) is 6.69. The molecule has 4 aromatic rings. The van der Waals surface area contributed by atoms with Gasteiger partial charge in [-0.05, 0) is 42.5 Å². The van der Waals surface area contributed by atoms with E-state index in [0.29, 0.717) is 22.6 Å². The first-order chi connectivity index (χ1) is 13.2. The molecule has 0 radical (unpaired) electrons. The van der Waals surface area contributed by atoms with Crippen LogP contribution in [-0.4, -0.2) is 19.6 Å². The number of nitrogens with zero attached hydrogens (tertiary/aromatic N) is 5. The van der Waals surface area contributed by atoms with Gasteiger partial charge in [0, 0.05) is 12.3 Å². The van der Waals surface area contributed by atoms with Gasteiger partial charge < -0.3 is 0 Å². The number of rotatable bonds is 3. The van der Waals surface area contributed by atoms with Crippen LogP contribution in [0.1, 0.15) is 5.56 Å². The Hall–Kier alpha value is -4.05. The van der Waals surface area contributed by atoms with Gasteiger partial charge in [0.1, 0.15) is 5.82 Å². The first-order valence-electron chi connectivity index (χ1n) is 8.06. The van der Waals surface area contributed by atoms with Gasteiger partial charge in [0.2, 0.25) is 5.43 Å². The van der Waals surface area contributed by atoms with Gasteiger partial charge in [-0.15, -0.1) is 0 Å². The molecule has 0 atom stereocenters. The van der Waals surface area contributed by atoms with Crippen molar-refractivity contribution in [2.24, 2.45) is 0 Å². The molecule has 4 rings (SSSR count). The van der Waals surface area contributed by atoms with E-state index in [1.54, 1.807) is 42.5 Å². The molecule has 0 saturated heterocycles. The molecular weight excluding hydrogens is 345 g/mol. The fourth-order valence-electron chi connectivity index (χ4n) is 2.74. The molecule has 0 aliphatic carbocycles. The molecule has 0 bridgehead atoms. The monoisotopic (exact) mass is 357 g/mol. The summed E-state index contributed by atoms with van der Waals surface area (Å²) in [7, 11) is 0. The van der Waals surface area contributed by atoms with Crippen molar-refractivity contribution in [3.8, 4) is 28.8 Å². The molecule has 0 spiro atoms. The first kappa shape index (κ1) is 16.4. The Bertz CT molecular complexity index is 1240. The Morgan fingerprint density at radius 1 is 1.00 bits per heavy atom. The van der Waals surface area contributed by atoms with Crippen molar-refractivity contribution in [2.75, 3.05) is 0 Å². The van der Waals surface area contributed by atoms with Crippen LogP contribution < -0.4 is 5.43 Å². The van der Waals surface area contributed by atoms with Gasteiger partial charge in [-0.3, -0.25) is 4.79 Å². The first-order valence-corrected chi connectivity index (χ1v) is 8.06. The lowest BCUT2D eigenvalue weighted by molar-refractivity contribution is 0.625. The highest BCUT2D eigenvalue weighted by molar-refractivity contribution is 5.57. The van der Waals surface area contributed by atoms with E-state index in [0.717, 1.165) is 0 Å². The average Bonchev–Trinajstić information content (AvgIpc) is 3.18. The normalized spacial score (nSPS) is 10.5. The molecule has 2 aromatic carbocycles. The molecule has 0 unspecified atom stereocenters. The number of hydrogen-bond acceptors (Lipinski definition) is 4. The molecule has 0 N–H and O–H groups in total. The Morgan fingerprint density at radius 3 is 2.63 bits per heavy atom. The quantitative estimate of drug-likeness (QED) is 0.565. The van der Waals surface area contributed by atoms with Gasteiger partial charge in [-0.25, -0.2) is 13.8 Å². The Balaban J connectivity index is 1.86. The molecular formula is C20H12FN5O. The molecule has 130 valence electrons. The maximum atomic E-state index is 13.6.